The lowest BCUT2D eigenvalue weighted by Gasteiger charge is -2.23. The molecule has 0 spiro atoms. The van der Waals surface area contributed by atoms with Crippen LogP contribution in [0.3, 0.4) is 0 Å². The van der Waals surface area contributed by atoms with Gasteiger partial charge in [0, 0.05) is 71.6 Å². The molecule has 15 rings (SSSR count). The standard InChI is InChI=1S/C63H44N4/c1-63(2)53-35-39(66-59-25-13-7-19-49(59)51-33-29-41(37-61(51)66)64-55-21-9-3-15-45(55)46-16-4-10-22-56(46)64)27-31-43(53)44-32-28-40(36-54(44)63)67-60-26-14-8-20-50(60)52-34-30-42(38-62(52)67)65-57-23-11-5-17-47(57)48-18-6-12-24-58(48)65/h3-5,7-17,19-38H,6,18H2,1-2H3. The van der Waals surface area contributed by atoms with Crippen molar-refractivity contribution < 1.29 is 0 Å². The third-order valence-electron chi connectivity index (χ3n) is 15.4. The highest BCUT2D eigenvalue weighted by atomic mass is 15.0. The van der Waals surface area contributed by atoms with Gasteiger partial charge in [-0.2, -0.15) is 0 Å². The molecule has 4 nitrogen and oxygen atoms in total. The SMILES string of the molecule is CC1(C)c2cc(-n3c4ccccc4c4ccc(-n5c6c(c7ccccc75)CCC=C6)cc43)ccc2-c2ccc(-n3c4ccccc4c4ccc(-n5c6ccccc6c6ccccc65)cc43)cc21. The quantitative estimate of drug-likeness (QED) is 0.168. The molecule has 0 saturated heterocycles. The van der Waals surface area contributed by atoms with Crippen molar-refractivity contribution in [1.82, 2.24) is 18.3 Å². The van der Waals surface area contributed by atoms with Crippen LogP contribution in [-0.4, -0.2) is 18.3 Å². The van der Waals surface area contributed by atoms with Crippen LogP contribution >= 0.6 is 0 Å². The molecule has 0 bridgehead atoms. The third kappa shape index (κ3) is 4.97. The molecule has 0 fully saturated rings. The van der Waals surface area contributed by atoms with Gasteiger partial charge >= 0.3 is 0 Å². The number of hydrogen-bond donors (Lipinski definition) is 0. The second kappa shape index (κ2) is 13.4. The van der Waals surface area contributed by atoms with Crippen LogP contribution in [0.5, 0.6) is 0 Å². The minimum Gasteiger partial charge on any atom is -0.310 e. The van der Waals surface area contributed by atoms with E-state index in [-0.39, 0.29) is 5.41 Å². The molecule has 9 aromatic carbocycles. The summed E-state index contributed by atoms with van der Waals surface area (Å²) in [6, 6.07) is 72.7. The van der Waals surface area contributed by atoms with Crippen molar-refractivity contribution in [2.24, 2.45) is 0 Å². The van der Waals surface area contributed by atoms with Crippen LogP contribution in [0.25, 0.3) is 116 Å². The minimum absolute atomic E-state index is 0.247. The van der Waals surface area contributed by atoms with Crippen LogP contribution in [0.2, 0.25) is 0 Å². The summed E-state index contributed by atoms with van der Waals surface area (Å²) in [7, 11) is 0. The van der Waals surface area contributed by atoms with E-state index in [1.165, 1.54) is 127 Å². The number of allylic oxidation sites excluding steroid dienone is 1. The van der Waals surface area contributed by atoms with Crippen LogP contribution in [0.1, 0.15) is 42.7 Å². The third-order valence-corrected chi connectivity index (χ3v) is 15.4. The highest BCUT2D eigenvalue weighted by Crippen LogP contribution is 2.51. The number of nitrogens with zero attached hydrogens (tertiary/aromatic N) is 4. The first-order valence-electron chi connectivity index (χ1n) is 23.7. The van der Waals surface area contributed by atoms with E-state index in [0.29, 0.717) is 0 Å². The maximum atomic E-state index is 2.50. The summed E-state index contributed by atoms with van der Waals surface area (Å²) in [6.07, 6.45) is 6.81. The molecule has 0 amide bonds. The van der Waals surface area contributed by atoms with E-state index >= 15 is 0 Å². The largest absolute Gasteiger partial charge is 0.310 e. The number of para-hydroxylation sites is 5. The Morgan fingerprint density at radius 2 is 0.701 bits per heavy atom. The lowest BCUT2D eigenvalue weighted by Crippen LogP contribution is -2.16. The molecule has 0 saturated carbocycles. The Bertz CT molecular complexity index is 4260. The molecule has 0 aliphatic heterocycles. The van der Waals surface area contributed by atoms with Gasteiger partial charge in [0.25, 0.3) is 0 Å². The number of rotatable bonds is 4. The smallest absolute Gasteiger partial charge is 0.0561 e. The number of hydrogen-bond acceptors (Lipinski definition) is 0. The molecule has 67 heavy (non-hydrogen) atoms. The van der Waals surface area contributed by atoms with Crippen LogP contribution < -0.4 is 0 Å². The molecule has 2 aliphatic rings. The zero-order valence-corrected chi connectivity index (χ0v) is 37.3. The highest BCUT2D eigenvalue weighted by molar-refractivity contribution is 6.13. The molecule has 0 N–H and O–H groups in total. The van der Waals surface area contributed by atoms with E-state index in [9.17, 15) is 0 Å². The lowest BCUT2D eigenvalue weighted by molar-refractivity contribution is 0.659. The Labute approximate surface area is 387 Å². The molecule has 2 aliphatic carbocycles. The van der Waals surface area contributed by atoms with Crippen molar-refractivity contribution in [1.29, 1.82) is 0 Å². The summed E-state index contributed by atoms with van der Waals surface area (Å²) in [5.41, 5.74) is 21.1. The zero-order valence-electron chi connectivity index (χ0n) is 37.3. The number of fused-ring (bicyclic) bond motifs is 15. The number of benzene rings is 9. The van der Waals surface area contributed by atoms with E-state index in [2.05, 4.69) is 238 Å². The molecule has 0 unspecified atom stereocenters. The summed E-state index contributed by atoms with van der Waals surface area (Å²) in [6.45, 7) is 4.82. The number of aromatic nitrogens is 4. The van der Waals surface area contributed by atoms with E-state index < -0.39 is 0 Å². The second-order valence-electron chi connectivity index (χ2n) is 19.2. The van der Waals surface area contributed by atoms with E-state index in [0.717, 1.165) is 18.5 Å². The Morgan fingerprint density at radius 1 is 0.343 bits per heavy atom. The van der Waals surface area contributed by atoms with Gasteiger partial charge < -0.3 is 18.3 Å². The summed E-state index contributed by atoms with van der Waals surface area (Å²) in [5, 5.41) is 8.94. The molecule has 4 aromatic heterocycles. The first-order chi connectivity index (χ1) is 33.0. The summed E-state index contributed by atoms with van der Waals surface area (Å²) >= 11 is 0. The Morgan fingerprint density at radius 3 is 1.18 bits per heavy atom. The molecule has 0 atom stereocenters. The van der Waals surface area contributed by atoms with Crippen LogP contribution in [0.4, 0.5) is 0 Å². The van der Waals surface area contributed by atoms with Gasteiger partial charge in [-0.3, -0.25) is 0 Å². The van der Waals surface area contributed by atoms with Crippen molar-refractivity contribution in [3.63, 3.8) is 0 Å². The summed E-state index contributed by atoms with van der Waals surface area (Å²) < 4.78 is 9.89. The minimum atomic E-state index is -0.247. The van der Waals surface area contributed by atoms with E-state index in [4.69, 9.17) is 0 Å². The predicted molar refractivity (Wildman–Crippen MR) is 281 cm³/mol. The van der Waals surface area contributed by atoms with E-state index in [1.54, 1.807) is 0 Å². The van der Waals surface area contributed by atoms with Gasteiger partial charge in [-0.15, -0.1) is 0 Å². The fraction of sp³-hybridized carbons (Fsp3) is 0.0794. The molecule has 316 valence electrons. The van der Waals surface area contributed by atoms with Crippen molar-refractivity contribution in [2.75, 3.05) is 0 Å². The topological polar surface area (TPSA) is 19.7 Å². The lowest BCUT2D eigenvalue weighted by atomic mass is 9.82. The second-order valence-corrected chi connectivity index (χ2v) is 19.2. The predicted octanol–water partition coefficient (Wildman–Crippen LogP) is 16.2. The van der Waals surface area contributed by atoms with Gasteiger partial charge in [0.05, 0.1) is 38.6 Å². The van der Waals surface area contributed by atoms with Crippen molar-refractivity contribution in [2.45, 2.75) is 32.1 Å². The summed E-state index contributed by atoms with van der Waals surface area (Å²) in [5.74, 6) is 0. The number of aryl methyl sites for hydroxylation is 1. The summed E-state index contributed by atoms with van der Waals surface area (Å²) in [4.78, 5) is 0. The monoisotopic (exact) mass is 856 g/mol. The van der Waals surface area contributed by atoms with Gasteiger partial charge in [-0.05, 0) is 126 Å². The van der Waals surface area contributed by atoms with Crippen molar-refractivity contribution in [3.05, 3.63) is 223 Å². The Kier molecular flexibility index (Phi) is 7.37. The molecular formula is C63H44N4. The van der Waals surface area contributed by atoms with Gasteiger partial charge in [0.1, 0.15) is 0 Å². The first-order valence-corrected chi connectivity index (χ1v) is 23.7. The fourth-order valence-electron chi connectivity index (χ4n) is 12.4. The van der Waals surface area contributed by atoms with Gasteiger partial charge in [-0.25, -0.2) is 0 Å². The normalized spacial score (nSPS) is 14.1. The molecule has 4 heterocycles. The average molecular weight is 857 g/mol. The maximum absolute atomic E-state index is 2.50. The maximum Gasteiger partial charge on any atom is 0.0561 e. The van der Waals surface area contributed by atoms with Gasteiger partial charge in [-0.1, -0.05) is 135 Å². The average Bonchev–Trinajstić information content (AvgIpc) is 4.14. The van der Waals surface area contributed by atoms with Crippen LogP contribution in [0.15, 0.2) is 200 Å². The van der Waals surface area contributed by atoms with Gasteiger partial charge in [0.2, 0.25) is 0 Å². The molecule has 4 heteroatoms. The molecule has 13 aromatic rings. The van der Waals surface area contributed by atoms with Gasteiger partial charge in [0.15, 0.2) is 0 Å². The molecule has 0 radical (unpaired) electrons. The Hall–Kier alpha value is -8.34. The van der Waals surface area contributed by atoms with Crippen LogP contribution in [0, 0.1) is 0 Å². The zero-order chi connectivity index (χ0) is 44.1. The Balaban J connectivity index is 0.887. The fourth-order valence-corrected chi connectivity index (χ4v) is 12.4. The first kappa shape index (κ1) is 36.9. The molecular weight excluding hydrogens is 813 g/mol. The van der Waals surface area contributed by atoms with E-state index in [1.807, 2.05) is 0 Å². The highest BCUT2D eigenvalue weighted by Gasteiger charge is 2.36. The van der Waals surface area contributed by atoms with Crippen molar-refractivity contribution in [3.8, 4) is 33.9 Å². The van der Waals surface area contributed by atoms with Crippen LogP contribution in [-0.2, 0) is 11.8 Å². The van der Waals surface area contributed by atoms with Crippen molar-refractivity contribution >= 4 is 82.4 Å².